The highest BCUT2D eigenvalue weighted by Gasteiger charge is 2.45. The van der Waals surface area contributed by atoms with E-state index >= 15 is 0 Å². The number of nitrogens with one attached hydrogen (secondary N) is 2. The summed E-state index contributed by atoms with van der Waals surface area (Å²) in [5, 5.41) is 6.35. The van der Waals surface area contributed by atoms with E-state index in [1.807, 2.05) is 6.92 Å². The minimum absolute atomic E-state index is 0.127. The van der Waals surface area contributed by atoms with Crippen molar-refractivity contribution in [1.82, 2.24) is 14.9 Å². The first-order valence-electron chi connectivity index (χ1n) is 10.4. The predicted octanol–water partition coefficient (Wildman–Crippen LogP) is 3.69. The second kappa shape index (κ2) is 8.88. The Morgan fingerprint density at radius 3 is 2.71 bits per heavy atom. The van der Waals surface area contributed by atoms with Crippen LogP contribution in [-0.2, 0) is 17.6 Å². The maximum absolute atomic E-state index is 13.9. The van der Waals surface area contributed by atoms with Gasteiger partial charge in [0.05, 0.1) is 31.7 Å². The highest BCUT2D eigenvalue weighted by Crippen LogP contribution is 2.41. The topological polar surface area (TPSA) is 71.5 Å². The lowest BCUT2D eigenvalue weighted by Gasteiger charge is -2.36. The molecular weight excluding hydrogens is 411 g/mol. The third-order valence-electron chi connectivity index (χ3n) is 5.60. The van der Waals surface area contributed by atoms with Crippen molar-refractivity contribution < 1.29 is 22.6 Å². The summed E-state index contributed by atoms with van der Waals surface area (Å²) in [7, 11) is 1.43. The Labute approximate surface area is 179 Å². The molecule has 31 heavy (non-hydrogen) atoms. The van der Waals surface area contributed by atoms with Crippen LogP contribution in [0.3, 0.4) is 0 Å². The Hall–Kier alpha value is -2.59. The molecule has 4 rings (SSSR count). The first-order valence-corrected chi connectivity index (χ1v) is 10.4. The molecule has 1 unspecified atom stereocenters. The van der Waals surface area contributed by atoms with Gasteiger partial charge in [-0.25, -0.2) is 4.98 Å². The number of anilines is 3. The van der Waals surface area contributed by atoms with E-state index in [2.05, 4.69) is 20.6 Å². The number of alkyl halides is 3. The predicted molar refractivity (Wildman–Crippen MR) is 111 cm³/mol. The van der Waals surface area contributed by atoms with Crippen LogP contribution in [0.4, 0.5) is 30.6 Å². The number of aromatic nitrogens is 2. The molecule has 0 bridgehead atoms. The number of hydrogen-bond acceptors (Lipinski definition) is 7. The summed E-state index contributed by atoms with van der Waals surface area (Å²) in [6.45, 7) is 3.87. The Bertz CT molecular complexity index is 932. The summed E-state index contributed by atoms with van der Waals surface area (Å²) in [6, 6.07) is 2.78. The smallest absolute Gasteiger partial charge is 0.408 e. The van der Waals surface area contributed by atoms with E-state index in [0.29, 0.717) is 17.4 Å². The van der Waals surface area contributed by atoms with Crippen LogP contribution in [-0.4, -0.2) is 61.0 Å². The number of benzene rings is 1. The van der Waals surface area contributed by atoms with Crippen molar-refractivity contribution >= 4 is 17.5 Å². The number of hydrogen-bond donors (Lipinski definition) is 2. The SMILES string of the molecule is CCc1nc(Nc2ccc(C(N3CCOCC3)C(F)(F)F)cc2OC)nc2c1CCN2. The zero-order valence-electron chi connectivity index (χ0n) is 17.6. The molecule has 1 aromatic carbocycles. The maximum Gasteiger partial charge on any atom is 0.408 e. The molecule has 0 spiro atoms. The quantitative estimate of drug-likeness (QED) is 0.714. The van der Waals surface area contributed by atoms with Gasteiger partial charge in [0.25, 0.3) is 0 Å². The van der Waals surface area contributed by atoms with E-state index in [0.717, 1.165) is 36.5 Å². The zero-order chi connectivity index (χ0) is 22.0. The summed E-state index contributed by atoms with van der Waals surface area (Å²) >= 11 is 0. The Balaban J connectivity index is 1.64. The van der Waals surface area contributed by atoms with E-state index in [4.69, 9.17) is 9.47 Å². The number of nitrogens with zero attached hydrogens (tertiary/aromatic N) is 3. The number of halogens is 3. The molecule has 0 radical (unpaired) electrons. The fraction of sp³-hybridized carbons (Fsp3) is 0.524. The minimum Gasteiger partial charge on any atom is -0.495 e. The van der Waals surface area contributed by atoms with Crippen LogP contribution in [0, 0.1) is 0 Å². The number of fused-ring (bicyclic) bond motifs is 1. The first kappa shape index (κ1) is 21.6. The molecule has 0 amide bonds. The molecule has 3 heterocycles. The van der Waals surface area contributed by atoms with Crippen LogP contribution < -0.4 is 15.4 Å². The second-order valence-electron chi connectivity index (χ2n) is 7.53. The van der Waals surface area contributed by atoms with Gasteiger partial charge in [0.15, 0.2) is 0 Å². The Kier molecular flexibility index (Phi) is 6.19. The van der Waals surface area contributed by atoms with E-state index in [9.17, 15) is 13.2 Å². The average Bonchev–Trinajstić information content (AvgIpc) is 3.22. The van der Waals surface area contributed by atoms with Crippen LogP contribution in [0.25, 0.3) is 0 Å². The molecule has 1 atom stereocenters. The molecular formula is C21H26F3N5O2. The molecule has 2 aliphatic heterocycles. The normalized spacial score (nSPS) is 17.7. The summed E-state index contributed by atoms with van der Waals surface area (Å²) in [6.07, 6.45) is -2.76. The van der Waals surface area contributed by atoms with Gasteiger partial charge >= 0.3 is 6.18 Å². The van der Waals surface area contributed by atoms with E-state index in [1.165, 1.54) is 24.1 Å². The first-order chi connectivity index (χ1) is 14.9. The van der Waals surface area contributed by atoms with Gasteiger partial charge < -0.3 is 20.1 Å². The van der Waals surface area contributed by atoms with Crippen LogP contribution in [0.2, 0.25) is 0 Å². The average molecular weight is 437 g/mol. The van der Waals surface area contributed by atoms with Crippen molar-refractivity contribution in [3.8, 4) is 5.75 Å². The highest BCUT2D eigenvalue weighted by atomic mass is 19.4. The molecule has 1 aromatic heterocycles. The lowest BCUT2D eigenvalue weighted by molar-refractivity contribution is -0.194. The molecule has 10 heteroatoms. The highest BCUT2D eigenvalue weighted by molar-refractivity contribution is 5.65. The molecule has 2 aliphatic rings. The largest absolute Gasteiger partial charge is 0.495 e. The molecule has 1 saturated heterocycles. The molecule has 1 fully saturated rings. The van der Waals surface area contributed by atoms with Gasteiger partial charge in [-0.15, -0.1) is 0 Å². The summed E-state index contributed by atoms with van der Waals surface area (Å²) < 4.78 is 52.4. The van der Waals surface area contributed by atoms with Gasteiger partial charge in [0, 0.05) is 25.2 Å². The van der Waals surface area contributed by atoms with Gasteiger partial charge in [-0.3, -0.25) is 4.90 Å². The van der Waals surface area contributed by atoms with E-state index in [-0.39, 0.29) is 31.9 Å². The maximum atomic E-state index is 13.9. The lowest BCUT2D eigenvalue weighted by Crippen LogP contribution is -2.44. The third-order valence-corrected chi connectivity index (χ3v) is 5.60. The third kappa shape index (κ3) is 4.54. The molecule has 2 N–H and O–H groups in total. The van der Waals surface area contributed by atoms with Crippen molar-refractivity contribution in [2.75, 3.05) is 50.6 Å². The van der Waals surface area contributed by atoms with Crippen molar-refractivity contribution in [1.29, 1.82) is 0 Å². The monoisotopic (exact) mass is 437 g/mol. The van der Waals surface area contributed by atoms with Gasteiger partial charge in [-0.1, -0.05) is 13.0 Å². The van der Waals surface area contributed by atoms with Crippen LogP contribution in [0.15, 0.2) is 18.2 Å². The number of methoxy groups -OCH3 is 1. The van der Waals surface area contributed by atoms with Gasteiger partial charge in [-0.05, 0) is 30.5 Å². The van der Waals surface area contributed by atoms with Gasteiger partial charge in [0.2, 0.25) is 5.95 Å². The van der Waals surface area contributed by atoms with Crippen LogP contribution in [0.1, 0.15) is 29.8 Å². The Morgan fingerprint density at radius 2 is 2.03 bits per heavy atom. The summed E-state index contributed by atoms with van der Waals surface area (Å²) in [5.41, 5.74) is 2.71. The fourth-order valence-electron chi connectivity index (χ4n) is 4.14. The minimum atomic E-state index is -4.41. The molecule has 0 saturated carbocycles. The zero-order valence-corrected chi connectivity index (χ0v) is 17.6. The molecule has 168 valence electrons. The van der Waals surface area contributed by atoms with E-state index < -0.39 is 12.2 Å². The lowest BCUT2D eigenvalue weighted by atomic mass is 10.0. The van der Waals surface area contributed by atoms with Crippen molar-refractivity contribution in [2.24, 2.45) is 0 Å². The number of ether oxygens (including phenoxy) is 2. The van der Waals surface area contributed by atoms with Crippen LogP contribution >= 0.6 is 0 Å². The van der Waals surface area contributed by atoms with Crippen molar-refractivity contribution in [2.45, 2.75) is 32.0 Å². The van der Waals surface area contributed by atoms with Crippen molar-refractivity contribution in [3.63, 3.8) is 0 Å². The molecule has 0 aliphatic carbocycles. The number of morpholine rings is 1. The van der Waals surface area contributed by atoms with Crippen LogP contribution in [0.5, 0.6) is 5.75 Å². The van der Waals surface area contributed by atoms with Crippen molar-refractivity contribution in [3.05, 3.63) is 35.0 Å². The van der Waals surface area contributed by atoms with Gasteiger partial charge in [-0.2, -0.15) is 18.2 Å². The Morgan fingerprint density at radius 1 is 1.26 bits per heavy atom. The van der Waals surface area contributed by atoms with Gasteiger partial charge in [0.1, 0.15) is 17.6 Å². The summed E-state index contributed by atoms with van der Waals surface area (Å²) in [5.74, 6) is 1.49. The summed E-state index contributed by atoms with van der Waals surface area (Å²) in [4.78, 5) is 10.5. The number of aryl methyl sites for hydroxylation is 1. The second-order valence-corrected chi connectivity index (χ2v) is 7.53. The standard InChI is InChI=1S/C21H26F3N5O2/c1-3-15-14-6-7-25-19(14)28-20(26-15)27-16-5-4-13(12-17(16)30-2)18(21(22,23)24)29-8-10-31-11-9-29/h4-5,12,18H,3,6-11H2,1-2H3,(H2,25,26,27,28). The van der Waals surface area contributed by atoms with E-state index in [1.54, 1.807) is 6.07 Å². The number of rotatable bonds is 6. The molecule has 7 nitrogen and oxygen atoms in total. The molecule has 2 aromatic rings. The fourth-order valence-corrected chi connectivity index (χ4v) is 4.14.